The summed E-state index contributed by atoms with van der Waals surface area (Å²) in [6.45, 7) is 9.21. The van der Waals surface area contributed by atoms with Gasteiger partial charge in [-0.2, -0.15) is 0 Å². The summed E-state index contributed by atoms with van der Waals surface area (Å²) in [7, 11) is 3.56. The van der Waals surface area contributed by atoms with E-state index in [2.05, 4.69) is 27.0 Å². The largest absolute Gasteiger partial charge is 0.356 e. The van der Waals surface area contributed by atoms with Crippen LogP contribution < -0.4 is 5.32 Å². The van der Waals surface area contributed by atoms with Crippen molar-refractivity contribution in [1.82, 2.24) is 20.0 Å². The average molecular weight is 465 g/mol. The molecule has 0 aromatic carbocycles. The van der Waals surface area contributed by atoms with Gasteiger partial charge in [-0.3, -0.25) is 4.79 Å². The molecule has 2 aliphatic rings. The lowest BCUT2D eigenvalue weighted by Gasteiger charge is -2.24. The van der Waals surface area contributed by atoms with E-state index in [1.165, 1.54) is 38.9 Å². The minimum absolute atomic E-state index is 0. The van der Waals surface area contributed by atoms with E-state index in [1.54, 1.807) is 19.0 Å². The van der Waals surface area contributed by atoms with Gasteiger partial charge in [0.15, 0.2) is 5.96 Å². The van der Waals surface area contributed by atoms with E-state index in [0.717, 1.165) is 44.4 Å². The van der Waals surface area contributed by atoms with E-state index >= 15 is 0 Å². The molecule has 0 aliphatic carbocycles. The lowest BCUT2D eigenvalue weighted by Crippen LogP contribution is -2.42. The van der Waals surface area contributed by atoms with Gasteiger partial charge in [0.2, 0.25) is 5.91 Å². The van der Waals surface area contributed by atoms with Gasteiger partial charge < -0.3 is 20.0 Å². The zero-order valence-electron chi connectivity index (χ0n) is 16.2. The Hall–Kier alpha value is -0.570. The molecule has 1 atom stereocenters. The SMILES string of the molecule is CCCCNC(=NCC(=O)N(C)C)N1CCC(CN2CCCC2)C1.I. The molecule has 2 rings (SSSR count). The van der Waals surface area contributed by atoms with Crippen LogP contribution in [0.2, 0.25) is 0 Å². The fourth-order valence-corrected chi connectivity index (χ4v) is 3.43. The number of nitrogens with zero attached hydrogens (tertiary/aromatic N) is 4. The molecule has 2 fully saturated rings. The summed E-state index contributed by atoms with van der Waals surface area (Å²) in [5.41, 5.74) is 0. The maximum atomic E-state index is 11.9. The van der Waals surface area contributed by atoms with Crippen LogP contribution in [-0.2, 0) is 4.79 Å². The van der Waals surface area contributed by atoms with E-state index in [1.807, 2.05) is 0 Å². The molecule has 0 radical (unpaired) electrons. The molecular weight excluding hydrogens is 429 g/mol. The van der Waals surface area contributed by atoms with Gasteiger partial charge in [0.1, 0.15) is 6.54 Å². The highest BCUT2D eigenvalue weighted by Crippen LogP contribution is 2.20. The standard InChI is InChI=1S/C18H35N5O.HI/c1-4-5-9-19-18(20-13-17(24)21(2)3)23-12-8-16(15-23)14-22-10-6-7-11-22;/h16H,4-15H2,1-3H3,(H,19,20);1H. The smallest absolute Gasteiger partial charge is 0.243 e. The number of carbonyl (C=O) groups is 1. The lowest BCUT2D eigenvalue weighted by molar-refractivity contribution is -0.127. The number of amides is 1. The molecule has 6 nitrogen and oxygen atoms in total. The third-order valence-corrected chi connectivity index (χ3v) is 4.98. The van der Waals surface area contributed by atoms with Crippen molar-refractivity contribution in [3.8, 4) is 0 Å². The van der Waals surface area contributed by atoms with Crippen LogP contribution >= 0.6 is 24.0 Å². The summed E-state index contributed by atoms with van der Waals surface area (Å²) in [5, 5.41) is 3.46. The molecule has 1 N–H and O–H groups in total. The molecule has 0 bridgehead atoms. The van der Waals surface area contributed by atoms with Crippen molar-refractivity contribution < 1.29 is 4.79 Å². The second kappa shape index (κ2) is 11.9. The first-order chi connectivity index (χ1) is 11.6. The topological polar surface area (TPSA) is 51.2 Å². The van der Waals surface area contributed by atoms with Crippen LogP contribution in [0.25, 0.3) is 0 Å². The van der Waals surface area contributed by atoms with E-state index in [-0.39, 0.29) is 36.4 Å². The second-order valence-corrected chi connectivity index (χ2v) is 7.32. The highest BCUT2D eigenvalue weighted by atomic mass is 127. The molecule has 146 valence electrons. The first-order valence-electron chi connectivity index (χ1n) is 9.56. The number of halogens is 1. The van der Waals surface area contributed by atoms with Crippen molar-refractivity contribution >= 4 is 35.8 Å². The molecular formula is C18H36IN5O. The number of likely N-dealkylation sites (N-methyl/N-ethyl adjacent to an activating group) is 1. The third-order valence-electron chi connectivity index (χ3n) is 4.98. The number of unbranched alkanes of at least 4 members (excludes halogenated alkanes) is 1. The van der Waals surface area contributed by atoms with Crippen LogP contribution in [0.15, 0.2) is 4.99 Å². The number of carbonyl (C=O) groups excluding carboxylic acids is 1. The van der Waals surface area contributed by atoms with E-state index < -0.39 is 0 Å². The first-order valence-corrected chi connectivity index (χ1v) is 9.56. The molecule has 25 heavy (non-hydrogen) atoms. The van der Waals surface area contributed by atoms with Crippen LogP contribution in [0.4, 0.5) is 0 Å². The first kappa shape index (κ1) is 22.5. The summed E-state index contributed by atoms with van der Waals surface area (Å²) in [5.74, 6) is 1.70. The van der Waals surface area contributed by atoms with Crippen molar-refractivity contribution in [2.24, 2.45) is 10.9 Å². The molecule has 0 aromatic heterocycles. The number of hydrogen-bond donors (Lipinski definition) is 1. The predicted molar refractivity (Wildman–Crippen MR) is 115 cm³/mol. The van der Waals surface area contributed by atoms with Crippen molar-refractivity contribution in [2.75, 3.05) is 59.9 Å². The number of aliphatic imine (C=N–C) groups is 1. The Kier molecular flexibility index (Phi) is 10.7. The Balaban J connectivity index is 0.00000312. The van der Waals surface area contributed by atoms with Crippen molar-refractivity contribution in [1.29, 1.82) is 0 Å². The number of guanidine groups is 1. The van der Waals surface area contributed by atoms with E-state index in [0.29, 0.717) is 0 Å². The molecule has 2 saturated heterocycles. The molecule has 0 spiro atoms. The Bertz CT molecular complexity index is 424. The Labute approximate surface area is 170 Å². The fraction of sp³-hybridized carbons (Fsp3) is 0.889. The number of likely N-dealkylation sites (tertiary alicyclic amines) is 2. The van der Waals surface area contributed by atoms with Crippen molar-refractivity contribution in [3.63, 3.8) is 0 Å². The molecule has 1 amide bonds. The van der Waals surface area contributed by atoms with E-state index in [4.69, 9.17) is 0 Å². The second-order valence-electron chi connectivity index (χ2n) is 7.32. The molecule has 1 unspecified atom stereocenters. The van der Waals surface area contributed by atoms with Gasteiger partial charge in [0.25, 0.3) is 0 Å². The molecule has 0 aromatic rings. The molecule has 2 heterocycles. The zero-order chi connectivity index (χ0) is 17.4. The van der Waals surface area contributed by atoms with Gasteiger partial charge in [-0.15, -0.1) is 24.0 Å². The minimum Gasteiger partial charge on any atom is -0.356 e. The number of nitrogens with one attached hydrogen (secondary N) is 1. The van der Waals surface area contributed by atoms with Gasteiger partial charge in [0, 0.05) is 40.3 Å². The van der Waals surface area contributed by atoms with Crippen LogP contribution in [0.5, 0.6) is 0 Å². The minimum atomic E-state index is 0. The fourth-order valence-electron chi connectivity index (χ4n) is 3.43. The Morgan fingerprint density at radius 1 is 1.24 bits per heavy atom. The summed E-state index contributed by atoms with van der Waals surface area (Å²) in [6.07, 6.45) is 6.23. The van der Waals surface area contributed by atoms with Gasteiger partial charge in [0.05, 0.1) is 0 Å². The van der Waals surface area contributed by atoms with Gasteiger partial charge in [-0.25, -0.2) is 4.99 Å². The highest BCUT2D eigenvalue weighted by molar-refractivity contribution is 14.0. The van der Waals surface area contributed by atoms with Gasteiger partial charge in [-0.1, -0.05) is 13.3 Å². The van der Waals surface area contributed by atoms with Gasteiger partial charge in [-0.05, 0) is 44.7 Å². The summed E-state index contributed by atoms with van der Waals surface area (Å²) in [6, 6.07) is 0. The normalized spacial score (nSPS) is 21.3. The summed E-state index contributed by atoms with van der Waals surface area (Å²) in [4.78, 5) is 23.0. The van der Waals surface area contributed by atoms with Crippen LogP contribution in [0.1, 0.15) is 39.0 Å². The third kappa shape index (κ3) is 7.68. The predicted octanol–water partition coefficient (Wildman–Crippen LogP) is 1.86. The maximum Gasteiger partial charge on any atom is 0.243 e. The van der Waals surface area contributed by atoms with E-state index in [9.17, 15) is 4.79 Å². The molecule has 7 heteroatoms. The zero-order valence-corrected chi connectivity index (χ0v) is 18.5. The number of hydrogen-bond acceptors (Lipinski definition) is 3. The van der Waals surface area contributed by atoms with Crippen LogP contribution in [0, 0.1) is 5.92 Å². The Morgan fingerprint density at radius 3 is 2.60 bits per heavy atom. The van der Waals surface area contributed by atoms with Crippen molar-refractivity contribution in [2.45, 2.75) is 39.0 Å². The number of rotatable bonds is 7. The average Bonchev–Trinajstić information content (AvgIpc) is 3.22. The van der Waals surface area contributed by atoms with Crippen LogP contribution in [0.3, 0.4) is 0 Å². The summed E-state index contributed by atoms with van der Waals surface area (Å²) < 4.78 is 0. The van der Waals surface area contributed by atoms with Gasteiger partial charge >= 0.3 is 0 Å². The maximum absolute atomic E-state index is 11.9. The van der Waals surface area contributed by atoms with Crippen LogP contribution in [-0.4, -0.2) is 86.5 Å². The monoisotopic (exact) mass is 465 g/mol. The molecule has 2 aliphatic heterocycles. The van der Waals surface area contributed by atoms with Crippen molar-refractivity contribution in [3.05, 3.63) is 0 Å². The lowest BCUT2D eigenvalue weighted by atomic mass is 10.1. The quantitative estimate of drug-likeness (QED) is 0.270. The highest BCUT2D eigenvalue weighted by Gasteiger charge is 2.27. The Morgan fingerprint density at radius 2 is 1.96 bits per heavy atom. The summed E-state index contributed by atoms with van der Waals surface area (Å²) >= 11 is 0. The molecule has 0 saturated carbocycles.